The Bertz CT molecular complexity index is 1400. The SMILES string of the molecule is CC(C)(C)c1ccc(C2(c3ccc(C(C)(C)C)cc3C(C)(C)C)OP3(=O)OCC24COP(=O)(OC4)O3)c(C(C)(C)C)c1. The monoisotopic (exact) mass is 618 g/mol. The molecule has 0 N–H and O–H groups in total. The molecule has 9 heteroatoms. The highest BCUT2D eigenvalue weighted by molar-refractivity contribution is 7.62. The van der Waals surface area contributed by atoms with E-state index in [1.165, 1.54) is 11.1 Å². The Balaban J connectivity index is 1.96. The highest BCUT2D eigenvalue weighted by Gasteiger charge is 2.71. The van der Waals surface area contributed by atoms with Crippen molar-refractivity contribution < 1.29 is 31.5 Å². The number of benzene rings is 2. The molecule has 6 heterocycles. The number of phosphoric acid groups is 2. The molecule has 42 heavy (non-hydrogen) atoms. The van der Waals surface area contributed by atoms with Gasteiger partial charge < -0.3 is 0 Å². The number of hydrogen-bond donors (Lipinski definition) is 0. The van der Waals surface area contributed by atoms with Crippen LogP contribution in [0.3, 0.4) is 0 Å². The van der Waals surface area contributed by atoms with Crippen LogP contribution in [0.25, 0.3) is 0 Å². The van der Waals surface area contributed by atoms with E-state index < -0.39 is 26.7 Å². The van der Waals surface area contributed by atoms with Crippen LogP contribution in [0.1, 0.15) is 116 Å². The van der Waals surface area contributed by atoms with Gasteiger partial charge >= 0.3 is 15.6 Å². The van der Waals surface area contributed by atoms with Crippen LogP contribution in [0.2, 0.25) is 0 Å². The first kappa shape index (κ1) is 32.1. The molecule has 6 aliphatic heterocycles. The predicted molar refractivity (Wildman–Crippen MR) is 166 cm³/mol. The quantitative estimate of drug-likeness (QED) is 0.310. The van der Waals surface area contributed by atoms with Crippen LogP contribution < -0.4 is 0 Å². The summed E-state index contributed by atoms with van der Waals surface area (Å²) in [6.45, 7) is 26.2. The fourth-order valence-electron chi connectivity index (χ4n) is 6.27. The molecule has 0 aliphatic carbocycles. The summed E-state index contributed by atoms with van der Waals surface area (Å²) in [7, 11) is -8.52. The lowest BCUT2D eigenvalue weighted by Crippen LogP contribution is -2.61. The molecule has 1 atom stereocenters. The molecule has 0 aromatic heterocycles. The van der Waals surface area contributed by atoms with Gasteiger partial charge in [-0.25, -0.2) is 9.13 Å². The third kappa shape index (κ3) is 5.21. The second-order valence-corrected chi connectivity index (χ2v) is 19.8. The zero-order chi connectivity index (χ0) is 31.4. The van der Waals surface area contributed by atoms with Crippen molar-refractivity contribution in [1.29, 1.82) is 0 Å². The van der Waals surface area contributed by atoms with Crippen molar-refractivity contribution in [3.63, 3.8) is 0 Å². The van der Waals surface area contributed by atoms with Crippen molar-refractivity contribution in [3.05, 3.63) is 69.8 Å². The number of rotatable bonds is 2. The molecule has 0 saturated carbocycles. The predicted octanol–water partition coefficient (Wildman–Crippen LogP) is 9.45. The molecule has 7 nitrogen and oxygen atoms in total. The fraction of sp³-hybridized carbons (Fsp3) is 0.636. The van der Waals surface area contributed by atoms with Gasteiger partial charge in [-0.05, 0) is 55.0 Å². The largest absolute Gasteiger partial charge is 0.484 e. The highest BCUT2D eigenvalue weighted by atomic mass is 31.3. The first-order valence-electron chi connectivity index (χ1n) is 14.8. The third-order valence-corrected chi connectivity index (χ3v) is 12.3. The molecule has 6 saturated heterocycles. The van der Waals surface area contributed by atoms with Crippen molar-refractivity contribution in [2.75, 3.05) is 19.8 Å². The normalized spacial score (nSPS) is 29.8. The summed E-state index contributed by atoms with van der Waals surface area (Å²) in [6, 6.07) is 13.0. The van der Waals surface area contributed by atoms with Crippen molar-refractivity contribution >= 4 is 15.6 Å². The van der Waals surface area contributed by atoms with E-state index >= 15 is 0 Å². The molecule has 0 radical (unpaired) electrons. The molecule has 3 bridgehead atoms. The fourth-order valence-corrected chi connectivity index (χ4v) is 10.0. The van der Waals surface area contributed by atoms with E-state index in [-0.39, 0.29) is 41.5 Å². The summed E-state index contributed by atoms with van der Waals surface area (Å²) in [4.78, 5) is 0. The topological polar surface area (TPSA) is 80.3 Å². The van der Waals surface area contributed by atoms with Crippen LogP contribution >= 0.6 is 15.6 Å². The smallest absolute Gasteiger partial charge is 0.286 e. The number of phosphoric ester groups is 2. The van der Waals surface area contributed by atoms with Gasteiger partial charge in [0.1, 0.15) is 5.60 Å². The van der Waals surface area contributed by atoms with E-state index in [1.807, 2.05) is 0 Å². The van der Waals surface area contributed by atoms with E-state index in [4.69, 9.17) is 22.4 Å². The lowest BCUT2D eigenvalue weighted by atomic mass is 9.60. The van der Waals surface area contributed by atoms with Gasteiger partial charge in [0.05, 0.1) is 25.2 Å². The maximum absolute atomic E-state index is 14.3. The van der Waals surface area contributed by atoms with Crippen molar-refractivity contribution in [1.82, 2.24) is 0 Å². The van der Waals surface area contributed by atoms with E-state index in [0.29, 0.717) is 0 Å². The Morgan fingerprint density at radius 1 is 0.571 bits per heavy atom. The molecular formula is C33H48O7P2. The summed E-state index contributed by atoms with van der Waals surface area (Å²) in [5, 5.41) is 0. The molecule has 0 amide bonds. The zero-order valence-electron chi connectivity index (χ0n) is 27.3. The molecule has 6 aliphatic rings. The maximum atomic E-state index is 14.3. The standard InChI is InChI=1S/C33H48O7P2/c1-28(2,3)22-13-15-24(26(17-22)30(7,8)9)33(25-16-14-23(29(4,5)6)18-27(25)31(10,11)12)32-19-36-41(34,37-20-32)40-42(35,39-33)38-21-32/h13-18H,19-21H2,1-12H3. The van der Waals surface area contributed by atoms with E-state index in [0.717, 1.165) is 22.3 Å². The van der Waals surface area contributed by atoms with Crippen LogP contribution in [0.15, 0.2) is 36.4 Å². The Morgan fingerprint density at radius 3 is 1.31 bits per heavy atom. The Labute approximate surface area is 252 Å². The van der Waals surface area contributed by atoms with E-state index in [9.17, 15) is 9.13 Å². The molecule has 1 spiro atoms. The Morgan fingerprint density at radius 2 is 0.952 bits per heavy atom. The Hall–Kier alpha value is -1.30. The minimum atomic E-state index is -4.41. The summed E-state index contributed by atoms with van der Waals surface area (Å²) in [6.07, 6.45) is 0. The zero-order valence-corrected chi connectivity index (χ0v) is 29.1. The van der Waals surface area contributed by atoms with Crippen LogP contribution in [0.4, 0.5) is 0 Å². The second-order valence-electron chi connectivity index (χ2n) is 16.4. The van der Waals surface area contributed by atoms with Gasteiger partial charge in [-0.15, -0.1) is 0 Å². The molecular weight excluding hydrogens is 570 g/mol. The number of hydrogen-bond acceptors (Lipinski definition) is 7. The van der Waals surface area contributed by atoms with Crippen LogP contribution in [0, 0.1) is 5.41 Å². The van der Waals surface area contributed by atoms with Gasteiger partial charge in [-0.3, -0.25) is 18.1 Å². The van der Waals surface area contributed by atoms with Gasteiger partial charge in [0, 0.05) is 0 Å². The minimum Gasteiger partial charge on any atom is -0.286 e. The van der Waals surface area contributed by atoms with Gasteiger partial charge in [0.15, 0.2) is 0 Å². The first-order chi connectivity index (χ1) is 19.0. The van der Waals surface area contributed by atoms with Gasteiger partial charge in [0.2, 0.25) is 0 Å². The lowest BCUT2D eigenvalue weighted by Gasteiger charge is -2.58. The molecule has 2 aromatic rings. The van der Waals surface area contributed by atoms with Gasteiger partial charge in [0.25, 0.3) is 0 Å². The molecule has 8 rings (SSSR count). The molecule has 1 unspecified atom stereocenters. The van der Waals surface area contributed by atoms with Crippen molar-refractivity contribution in [2.24, 2.45) is 5.41 Å². The van der Waals surface area contributed by atoms with Crippen LogP contribution in [-0.4, -0.2) is 19.8 Å². The summed E-state index contributed by atoms with van der Waals surface area (Å²) in [5.41, 5.74) is 2.96. The van der Waals surface area contributed by atoms with Gasteiger partial charge in [-0.1, -0.05) is 119 Å². The van der Waals surface area contributed by atoms with Gasteiger partial charge in [-0.2, -0.15) is 4.31 Å². The second kappa shape index (κ2) is 9.60. The third-order valence-electron chi connectivity index (χ3n) is 8.84. The molecule has 232 valence electrons. The average molecular weight is 619 g/mol. The molecule has 6 fully saturated rings. The van der Waals surface area contributed by atoms with Crippen LogP contribution in [-0.2, 0) is 58.8 Å². The van der Waals surface area contributed by atoms with Crippen molar-refractivity contribution in [3.8, 4) is 0 Å². The average Bonchev–Trinajstić information content (AvgIpc) is 2.83. The summed E-state index contributed by atoms with van der Waals surface area (Å²) < 4.78 is 57.5. The highest BCUT2D eigenvalue weighted by Crippen LogP contribution is 2.79. The van der Waals surface area contributed by atoms with E-state index in [2.05, 4.69) is 119 Å². The lowest BCUT2D eigenvalue weighted by molar-refractivity contribution is -0.189. The van der Waals surface area contributed by atoms with Crippen LogP contribution in [0.5, 0.6) is 0 Å². The van der Waals surface area contributed by atoms with Crippen molar-refractivity contribution in [2.45, 2.75) is 110 Å². The first-order valence-corrected chi connectivity index (χ1v) is 17.7. The van der Waals surface area contributed by atoms with E-state index in [1.54, 1.807) is 0 Å². The maximum Gasteiger partial charge on any atom is 0.484 e. The molecule has 2 aromatic carbocycles. The minimum absolute atomic E-state index is 0.0144. The summed E-state index contributed by atoms with van der Waals surface area (Å²) in [5.74, 6) is 0. The summed E-state index contributed by atoms with van der Waals surface area (Å²) >= 11 is 0. The Kier molecular flexibility index (Phi) is 7.34.